The van der Waals surface area contributed by atoms with E-state index in [0.29, 0.717) is 0 Å². The molecule has 1 amide bonds. The van der Waals surface area contributed by atoms with Gasteiger partial charge in [-0.15, -0.1) is 10.2 Å². The Labute approximate surface area is 144 Å². The number of amides is 1. The third-order valence-corrected chi connectivity index (χ3v) is 4.50. The third-order valence-electron chi connectivity index (χ3n) is 4.19. The minimum Gasteiger partial charge on any atom is -0.355 e. The molecule has 2 heterocycles. The van der Waals surface area contributed by atoms with E-state index in [1.807, 2.05) is 6.07 Å². The molecule has 1 aromatic carbocycles. The average molecular weight is 349 g/mol. The molecule has 7 heteroatoms. The summed E-state index contributed by atoms with van der Waals surface area (Å²) in [6, 6.07) is 7.57. The topological polar surface area (TPSA) is 58.1 Å². The number of nitrogens with one attached hydrogen (secondary N) is 1. The van der Waals surface area contributed by atoms with E-state index in [1.54, 1.807) is 6.07 Å². The molecule has 1 aliphatic rings. The van der Waals surface area contributed by atoms with Crippen molar-refractivity contribution < 1.29 is 9.18 Å². The molecule has 0 radical (unpaired) electrons. The third kappa shape index (κ3) is 3.64. The van der Waals surface area contributed by atoms with Gasteiger partial charge in [0.25, 0.3) is 5.91 Å². The number of rotatable bonds is 3. The predicted molar refractivity (Wildman–Crippen MR) is 92.0 cm³/mol. The molecule has 0 unspecified atom stereocenters. The summed E-state index contributed by atoms with van der Waals surface area (Å²) in [7, 11) is 0. The first-order valence-corrected chi connectivity index (χ1v) is 8.26. The van der Waals surface area contributed by atoms with Crippen LogP contribution in [0.15, 0.2) is 30.3 Å². The maximum Gasteiger partial charge on any atom is 0.261 e. The molecule has 0 bridgehead atoms. The summed E-state index contributed by atoms with van der Waals surface area (Å²) < 4.78 is 13.8. The Morgan fingerprint density at radius 2 is 2.00 bits per heavy atom. The summed E-state index contributed by atoms with van der Waals surface area (Å²) in [6.45, 7) is 4.15. The van der Waals surface area contributed by atoms with Crippen molar-refractivity contribution in [3.05, 3.63) is 46.7 Å². The second kappa shape index (κ2) is 7.13. The number of anilines is 2. The van der Waals surface area contributed by atoms with Crippen LogP contribution in [0.3, 0.4) is 0 Å². The van der Waals surface area contributed by atoms with Gasteiger partial charge >= 0.3 is 0 Å². The Balaban J connectivity index is 1.69. The van der Waals surface area contributed by atoms with Gasteiger partial charge in [-0.1, -0.05) is 24.6 Å². The van der Waals surface area contributed by atoms with Gasteiger partial charge < -0.3 is 10.2 Å². The van der Waals surface area contributed by atoms with Crippen LogP contribution in [0, 0.1) is 11.7 Å². The van der Waals surface area contributed by atoms with Gasteiger partial charge in [-0.2, -0.15) is 0 Å². The van der Waals surface area contributed by atoms with E-state index in [-0.39, 0.29) is 16.4 Å². The molecular formula is C17H18ClFN4O. The molecule has 1 fully saturated rings. The number of nitrogens with zero attached hydrogens (tertiary/aromatic N) is 3. The number of carbonyl (C=O) groups is 1. The molecule has 1 N–H and O–H groups in total. The number of aromatic nitrogens is 2. The zero-order chi connectivity index (χ0) is 17.1. The van der Waals surface area contributed by atoms with Gasteiger partial charge in [0.1, 0.15) is 5.82 Å². The van der Waals surface area contributed by atoms with Gasteiger partial charge in [0.2, 0.25) is 0 Å². The lowest BCUT2D eigenvalue weighted by Gasteiger charge is -2.30. The van der Waals surface area contributed by atoms with Crippen LogP contribution in [0.4, 0.5) is 16.0 Å². The molecular weight excluding hydrogens is 331 g/mol. The quantitative estimate of drug-likeness (QED) is 0.917. The van der Waals surface area contributed by atoms with Gasteiger partial charge in [-0.3, -0.25) is 4.79 Å². The Morgan fingerprint density at radius 1 is 1.25 bits per heavy atom. The highest BCUT2D eigenvalue weighted by Crippen LogP contribution is 2.22. The molecule has 0 aliphatic carbocycles. The smallest absolute Gasteiger partial charge is 0.261 e. The Morgan fingerprint density at radius 3 is 2.62 bits per heavy atom. The van der Waals surface area contributed by atoms with Crippen molar-refractivity contribution in [2.75, 3.05) is 23.3 Å². The minimum atomic E-state index is -0.674. The zero-order valence-corrected chi connectivity index (χ0v) is 14.1. The van der Waals surface area contributed by atoms with Crippen LogP contribution in [0.2, 0.25) is 5.02 Å². The van der Waals surface area contributed by atoms with E-state index in [0.717, 1.165) is 37.7 Å². The first-order chi connectivity index (χ1) is 11.5. The molecule has 2 aromatic rings. The Hall–Kier alpha value is -2.21. The van der Waals surface area contributed by atoms with E-state index >= 15 is 0 Å². The lowest BCUT2D eigenvalue weighted by atomic mass is 9.99. The highest BCUT2D eigenvalue weighted by molar-refractivity contribution is 6.34. The molecule has 1 aliphatic heterocycles. The monoisotopic (exact) mass is 348 g/mol. The van der Waals surface area contributed by atoms with Crippen molar-refractivity contribution in [1.82, 2.24) is 10.2 Å². The van der Waals surface area contributed by atoms with E-state index in [9.17, 15) is 9.18 Å². The molecule has 24 heavy (non-hydrogen) atoms. The summed E-state index contributed by atoms with van der Waals surface area (Å²) in [6.07, 6.45) is 2.26. The number of carbonyl (C=O) groups excluding carboxylic acids is 1. The first kappa shape index (κ1) is 16.6. The lowest BCUT2D eigenvalue weighted by Crippen LogP contribution is -2.33. The van der Waals surface area contributed by atoms with Gasteiger partial charge in [0.05, 0.1) is 10.6 Å². The fraction of sp³-hybridized carbons (Fsp3) is 0.353. The number of halogens is 2. The second-order valence-electron chi connectivity index (χ2n) is 6.00. The molecule has 5 nitrogen and oxygen atoms in total. The highest BCUT2D eigenvalue weighted by Gasteiger charge is 2.19. The van der Waals surface area contributed by atoms with Crippen LogP contribution in [0.25, 0.3) is 0 Å². The van der Waals surface area contributed by atoms with Gasteiger partial charge in [0, 0.05) is 13.1 Å². The normalized spacial score (nSPS) is 15.4. The predicted octanol–water partition coefficient (Wildman–Crippen LogP) is 3.76. The molecule has 0 spiro atoms. The van der Waals surface area contributed by atoms with Crippen LogP contribution >= 0.6 is 11.6 Å². The van der Waals surface area contributed by atoms with Crippen molar-refractivity contribution in [3.63, 3.8) is 0 Å². The molecule has 0 atom stereocenters. The van der Waals surface area contributed by atoms with Crippen molar-refractivity contribution >= 4 is 29.1 Å². The standard InChI is InChI=1S/C17H18ClFN4O/c1-11-7-9-23(10-8-11)15-6-5-14(21-22-15)20-17(24)16-12(18)3-2-4-13(16)19/h2-6,11H,7-10H2,1H3,(H,20,21,24). The van der Waals surface area contributed by atoms with Gasteiger partial charge in [0.15, 0.2) is 11.6 Å². The number of benzene rings is 1. The van der Waals surface area contributed by atoms with E-state index in [2.05, 4.69) is 27.3 Å². The van der Waals surface area contributed by atoms with Crippen LogP contribution < -0.4 is 10.2 Å². The second-order valence-corrected chi connectivity index (χ2v) is 6.40. The number of piperidine rings is 1. The maximum absolute atomic E-state index is 13.8. The highest BCUT2D eigenvalue weighted by atomic mass is 35.5. The SMILES string of the molecule is CC1CCN(c2ccc(NC(=O)c3c(F)cccc3Cl)nn2)CC1. The summed E-state index contributed by atoms with van der Waals surface area (Å²) in [5.41, 5.74) is -0.199. The van der Waals surface area contributed by atoms with Crippen LogP contribution in [0.5, 0.6) is 0 Å². The molecule has 0 saturated carbocycles. The minimum absolute atomic E-state index is 0.0551. The lowest BCUT2D eigenvalue weighted by molar-refractivity contribution is 0.102. The van der Waals surface area contributed by atoms with Crippen LogP contribution in [0.1, 0.15) is 30.1 Å². The summed E-state index contributed by atoms with van der Waals surface area (Å²) in [5, 5.41) is 10.7. The number of hydrogen-bond donors (Lipinski definition) is 1. The van der Waals surface area contributed by atoms with Gasteiger partial charge in [-0.05, 0) is 43.0 Å². The van der Waals surface area contributed by atoms with Crippen molar-refractivity contribution in [3.8, 4) is 0 Å². The van der Waals surface area contributed by atoms with Gasteiger partial charge in [-0.25, -0.2) is 4.39 Å². The summed E-state index contributed by atoms with van der Waals surface area (Å²) in [5.74, 6) is 0.453. The first-order valence-electron chi connectivity index (χ1n) is 7.88. The maximum atomic E-state index is 13.8. The van der Waals surface area contributed by atoms with E-state index < -0.39 is 11.7 Å². The fourth-order valence-corrected chi connectivity index (χ4v) is 2.94. The fourth-order valence-electron chi connectivity index (χ4n) is 2.69. The molecule has 126 valence electrons. The largest absolute Gasteiger partial charge is 0.355 e. The van der Waals surface area contributed by atoms with Crippen molar-refractivity contribution in [1.29, 1.82) is 0 Å². The van der Waals surface area contributed by atoms with Crippen molar-refractivity contribution in [2.24, 2.45) is 5.92 Å². The summed E-state index contributed by atoms with van der Waals surface area (Å²) >= 11 is 5.89. The zero-order valence-electron chi connectivity index (χ0n) is 13.3. The summed E-state index contributed by atoms with van der Waals surface area (Å²) in [4.78, 5) is 14.3. The van der Waals surface area contributed by atoms with Crippen LogP contribution in [-0.2, 0) is 0 Å². The van der Waals surface area contributed by atoms with Crippen molar-refractivity contribution in [2.45, 2.75) is 19.8 Å². The van der Waals surface area contributed by atoms with E-state index in [1.165, 1.54) is 18.2 Å². The Bertz CT molecular complexity index is 710. The van der Waals surface area contributed by atoms with Crippen LogP contribution in [-0.4, -0.2) is 29.2 Å². The molecule has 1 aromatic heterocycles. The number of hydrogen-bond acceptors (Lipinski definition) is 4. The average Bonchev–Trinajstić information content (AvgIpc) is 2.56. The molecule has 3 rings (SSSR count). The molecule has 1 saturated heterocycles. The van der Waals surface area contributed by atoms with E-state index in [4.69, 9.17) is 11.6 Å². The Kier molecular flexibility index (Phi) is 4.94.